The van der Waals surface area contributed by atoms with Gasteiger partial charge in [-0.05, 0) is 37.1 Å². The van der Waals surface area contributed by atoms with Crippen molar-refractivity contribution in [3.63, 3.8) is 0 Å². The number of hydrogen-bond donors (Lipinski definition) is 2. The van der Waals surface area contributed by atoms with Gasteiger partial charge in [0.1, 0.15) is 23.6 Å². The monoisotopic (exact) mass is 509 g/mol. The molecule has 0 aliphatic heterocycles. The minimum absolute atomic E-state index is 0.00969. The molecule has 3 aromatic heterocycles. The minimum Gasteiger partial charge on any atom is -0.496 e. The van der Waals surface area contributed by atoms with Crippen LogP contribution in [0.15, 0.2) is 49.1 Å². The highest BCUT2D eigenvalue weighted by atomic mass is 35.5. The Balaban J connectivity index is 1.68. The topological polar surface area (TPSA) is 115 Å². The Labute approximate surface area is 213 Å². The van der Waals surface area contributed by atoms with Gasteiger partial charge in [0.25, 0.3) is 5.91 Å². The number of carbonyl (C=O) groups excluding carboxylic acids is 2. The molecule has 0 fully saturated rings. The Kier molecular flexibility index (Phi) is 7.84. The largest absolute Gasteiger partial charge is 0.496 e. The van der Waals surface area contributed by atoms with Crippen LogP contribution in [-0.4, -0.2) is 49.3 Å². The Morgan fingerprint density at radius 2 is 2.08 bits per heavy atom. The van der Waals surface area contributed by atoms with Crippen molar-refractivity contribution in [3.05, 3.63) is 59.6 Å². The van der Waals surface area contributed by atoms with Crippen LogP contribution in [0, 0.1) is 0 Å². The zero-order chi connectivity index (χ0) is 25.7. The summed E-state index contributed by atoms with van der Waals surface area (Å²) in [4.78, 5) is 30.2. The fourth-order valence-electron chi connectivity index (χ4n) is 3.98. The summed E-state index contributed by atoms with van der Waals surface area (Å²) in [6.07, 6.45) is 9.10. The molecule has 0 saturated heterocycles. The number of benzene rings is 1. The van der Waals surface area contributed by atoms with Crippen LogP contribution >= 0.6 is 11.6 Å². The van der Waals surface area contributed by atoms with Gasteiger partial charge in [-0.25, -0.2) is 9.50 Å². The van der Waals surface area contributed by atoms with E-state index in [4.69, 9.17) is 16.3 Å². The zero-order valence-electron chi connectivity index (χ0n) is 20.4. The first-order valence-corrected chi connectivity index (χ1v) is 12.1. The predicted octanol–water partition coefficient (Wildman–Crippen LogP) is 4.20. The van der Waals surface area contributed by atoms with Gasteiger partial charge in [0.2, 0.25) is 5.91 Å². The molecular formula is C25H28ClN7O3. The van der Waals surface area contributed by atoms with Crippen molar-refractivity contribution in [1.82, 2.24) is 29.7 Å². The standard InChI is InChI=1S/C25H28ClN7O3/c1-4-7-17(5-2)29-22(34)15-32-14-20(23(31-32)18-12-16(26)8-9-21(18)36-3)30-25(35)19-13-28-33-11-6-10-27-24(19)33/h6,8-14,17H,4-5,7,15H2,1-3H3,(H,29,34)(H,30,35). The van der Waals surface area contributed by atoms with E-state index in [0.29, 0.717) is 38.9 Å². The zero-order valence-corrected chi connectivity index (χ0v) is 21.1. The van der Waals surface area contributed by atoms with Gasteiger partial charge in [-0.1, -0.05) is 31.9 Å². The van der Waals surface area contributed by atoms with Crippen molar-refractivity contribution in [2.24, 2.45) is 0 Å². The normalized spacial score (nSPS) is 11.9. The molecule has 1 atom stereocenters. The summed E-state index contributed by atoms with van der Waals surface area (Å²) in [7, 11) is 1.54. The molecule has 36 heavy (non-hydrogen) atoms. The van der Waals surface area contributed by atoms with Gasteiger partial charge in [-0.2, -0.15) is 10.2 Å². The molecule has 188 valence electrons. The van der Waals surface area contributed by atoms with Crippen LogP contribution in [0.2, 0.25) is 5.02 Å². The lowest BCUT2D eigenvalue weighted by Gasteiger charge is -2.15. The molecule has 0 aliphatic rings. The number of nitrogens with one attached hydrogen (secondary N) is 2. The van der Waals surface area contributed by atoms with Crippen LogP contribution in [-0.2, 0) is 11.3 Å². The van der Waals surface area contributed by atoms with Gasteiger partial charge in [-0.3, -0.25) is 14.3 Å². The summed E-state index contributed by atoms with van der Waals surface area (Å²) in [6, 6.07) is 6.96. The Bertz CT molecular complexity index is 1380. The Morgan fingerprint density at radius 1 is 1.25 bits per heavy atom. The minimum atomic E-state index is -0.413. The van der Waals surface area contributed by atoms with E-state index in [1.165, 1.54) is 15.4 Å². The number of aromatic nitrogens is 5. The summed E-state index contributed by atoms with van der Waals surface area (Å²) in [5, 5.41) is 15.2. The number of methoxy groups -OCH3 is 1. The quantitative estimate of drug-likeness (QED) is 0.331. The number of hydrogen-bond acceptors (Lipinski definition) is 6. The summed E-state index contributed by atoms with van der Waals surface area (Å²) in [6.45, 7) is 4.12. The second-order valence-electron chi connectivity index (χ2n) is 8.30. The van der Waals surface area contributed by atoms with E-state index < -0.39 is 5.91 Å². The molecule has 2 N–H and O–H groups in total. The van der Waals surface area contributed by atoms with Crippen LogP contribution in [0.5, 0.6) is 5.75 Å². The van der Waals surface area contributed by atoms with Gasteiger partial charge in [0, 0.05) is 35.2 Å². The van der Waals surface area contributed by atoms with Crippen LogP contribution in [0.4, 0.5) is 5.69 Å². The highest BCUT2D eigenvalue weighted by molar-refractivity contribution is 6.31. The molecule has 0 saturated carbocycles. The molecule has 4 aromatic rings. The van der Waals surface area contributed by atoms with Crippen molar-refractivity contribution >= 4 is 34.7 Å². The van der Waals surface area contributed by atoms with Gasteiger partial charge < -0.3 is 15.4 Å². The molecule has 0 aliphatic carbocycles. The Morgan fingerprint density at radius 3 is 2.83 bits per heavy atom. The third-order valence-electron chi connectivity index (χ3n) is 5.75. The fourth-order valence-corrected chi connectivity index (χ4v) is 4.15. The number of nitrogens with zero attached hydrogens (tertiary/aromatic N) is 5. The first-order valence-electron chi connectivity index (χ1n) is 11.7. The second kappa shape index (κ2) is 11.2. The van der Waals surface area contributed by atoms with E-state index in [9.17, 15) is 9.59 Å². The van der Waals surface area contributed by atoms with E-state index in [2.05, 4.69) is 32.7 Å². The average molecular weight is 510 g/mol. The van der Waals surface area contributed by atoms with E-state index in [0.717, 1.165) is 19.3 Å². The molecule has 0 spiro atoms. The Hall–Kier alpha value is -3.92. The maximum atomic E-state index is 13.2. The number of amides is 2. The molecule has 0 bridgehead atoms. The lowest BCUT2D eigenvalue weighted by atomic mass is 10.1. The van der Waals surface area contributed by atoms with Crippen molar-refractivity contribution in [3.8, 4) is 17.0 Å². The maximum absolute atomic E-state index is 13.2. The van der Waals surface area contributed by atoms with Crippen LogP contribution in [0.3, 0.4) is 0 Å². The third kappa shape index (κ3) is 5.49. The van der Waals surface area contributed by atoms with Gasteiger partial charge in [-0.15, -0.1) is 0 Å². The molecule has 11 heteroatoms. The molecule has 10 nitrogen and oxygen atoms in total. The molecule has 1 unspecified atom stereocenters. The van der Waals surface area contributed by atoms with E-state index >= 15 is 0 Å². The highest BCUT2D eigenvalue weighted by Crippen LogP contribution is 2.36. The van der Waals surface area contributed by atoms with Crippen LogP contribution < -0.4 is 15.4 Å². The van der Waals surface area contributed by atoms with Crippen molar-refractivity contribution in [2.45, 2.75) is 45.7 Å². The van der Waals surface area contributed by atoms with E-state index in [1.54, 1.807) is 50.0 Å². The van der Waals surface area contributed by atoms with Gasteiger partial charge in [0.05, 0.1) is 19.0 Å². The van der Waals surface area contributed by atoms with E-state index in [1.807, 2.05) is 6.92 Å². The summed E-state index contributed by atoms with van der Waals surface area (Å²) < 4.78 is 8.52. The summed E-state index contributed by atoms with van der Waals surface area (Å²) in [5.74, 6) is -0.0488. The van der Waals surface area contributed by atoms with Gasteiger partial charge in [0.15, 0.2) is 5.65 Å². The number of carbonyl (C=O) groups is 2. The summed E-state index contributed by atoms with van der Waals surface area (Å²) >= 11 is 6.26. The number of ether oxygens (including phenoxy) is 1. The van der Waals surface area contributed by atoms with Crippen molar-refractivity contribution in [1.29, 1.82) is 0 Å². The fraction of sp³-hybridized carbons (Fsp3) is 0.320. The molecule has 2 amide bonds. The lowest BCUT2D eigenvalue weighted by molar-refractivity contribution is -0.122. The number of fused-ring (bicyclic) bond motifs is 1. The lowest BCUT2D eigenvalue weighted by Crippen LogP contribution is -2.36. The van der Waals surface area contributed by atoms with Crippen LogP contribution in [0.1, 0.15) is 43.5 Å². The smallest absolute Gasteiger partial charge is 0.261 e. The number of anilines is 1. The van der Waals surface area contributed by atoms with E-state index in [-0.39, 0.29) is 18.5 Å². The third-order valence-corrected chi connectivity index (χ3v) is 5.99. The maximum Gasteiger partial charge on any atom is 0.261 e. The molecule has 1 aromatic carbocycles. The first kappa shape index (κ1) is 25.2. The van der Waals surface area contributed by atoms with Crippen molar-refractivity contribution < 1.29 is 14.3 Å². The second-order valence-corrected chi connectivity index (χ2v) is 8.73. The highest BCUT2D eigenvalue weighted by Gasteiger charge is 2.22. The molecule has 0 radical (unpaired) electrons. The van der Waals surface area contributed by atoms with Crippen molar-refractivity contribution in [2.75, 3.05) is 12.4 Å². The SMILES string of the molecule is CCCC(CC)NC(=O)Cn1cc(NC(=O)c2cnn3cccnc23)c(-c2cc(Cl)ccc2OC)n1. The number of halogens is 1. The molecular weight excluding hydrogens is 482 g/mol. The first-order chi connectivity index (χ1) is 17.4. The molecule has 3 heterocycles. The summed E-state index contributed by atoms with van der Waals surface area (Å²) in [5.41, 5.74) is 2.11. The predicted molar refractivity (Wildman–Crippen MR) is 137 cm³/mol. The number of rotatable bonds is 10. The van der Waals surface area contributed by atoms with Crippen LogP contribution in [0.25, 0.3) is 16.9 Å². The average Bonchev–Trinajstić information content (AvgIpc) is 3.47. The van der Waals surface area contributed by atoms with Gasteiger partial charge >= 0.3 is 0 Å². The molecule has 4 rings (SSSR count).